The maximum atomic E-state index is 13.2. The number of hydrogen-bond donors (Lipinski definition) is 0. The quantitative estimate of drug-likeness (QED) is 0.210. The fourth-order valence-corrected chi connectivity index (χ4v) is 5.43. The Bertz CT molecular complexity index is 1380. The van der Waals surface area contributed by atoms with Gasteiger partial charge in [0.2, 0.25) is 0 Å². The summed E-state index contributed by atoms with van der Waals surface area (Å²) in [5, 5.41) is 12.0. The monoisotopic (exact) mass is 519 g/mol. The minimum Gasteiger partial charge on any atom is -0.548 e. The van der Waals surface area contributed by atoms with Gasteiger partial charge in [0.1, 0.15) is 11.5 Å². The van der Waals surface area contributed by atoms with Crippen LogP contribution < -0.4 is 45.0 Å². The number of carbonyl (C=O) groups is 1. The Hall–Kier alpha value is -1.30. The van der Waals surface area contributed by atoms with Gasteiger partial charge in [-0.1, -0.05) is 11.6 Å². The van der Waals surface area contributed by atoms with Crippen molar-refractivity contribution in [3.63, 3.8) is 0 Å². The molecule has 2 aromatic heterocycles. The van der Waals surface area contributed by atoms with Gasteiger partial charge in [-0.05, 0) is 44.4 Å². The number of sulfone groups is 1. The predicted octanol–water partition coefficient (Wildman–Crippen LogP) is -1.06. The molecular weight excluding hydrogens is 497 g/mol. The minimum atomic E-state index is -3.25. The van der Waals surface area contributed by atoms with Crippen molar-refractivity contribution in [2.24, 2.45) is 0 Å². The van der Waals surface area contributed by atoms with Crippen LogP contribution in [0.15, 0.2) is 34.0 Å². The number of anilines is 1. The van der Waals surface area contributed by atoms with Gasteiger partial charge in [-0.15, -0.1) is 11.8 Å². The Balaban J connectivity index is 0.00000385. The van der Waals surface area contributed by atoms with Gasteiger partial charge in [0.05, 0.1) is 44.3 Å². The molecule has 0 bridgehead atoms. The van der Waals surface area contributed by atoms with Crippen molar-refractivity contribution in [1.82, 2.24) is 9.55 Å². The summed E-state index contributed by atoms with van der Waals surface area (Å²) in [5.41, 5.74) is 0.252. The number of hydrogen-bond acceptors (Lipinski definition) is 8. The van der Waals surface area contributed by atoms with Gasteiger partial charge in [-0.3, -0.25) is 4.79 Å². The summed E-state index contributed by atoms with van der Waals surface area (Å²) in [6.45, 7) is 2.92. The SMILES string of the molecule is CSc1c(Cl)ccc2c(=O)c3ccc(N(C)CCS(=O)(=O)C(C)C)nc3n(CC(=O)[O-])c12.[Na+]. The van der Waals surface area contributed by atoms with Crippen LogP contribution in [0.25, 0.3) is 21.9 Å². The number of aromatic nitrogens is 2. The van der Waals surface area contributed by atoms with Crippen LogP contribution >= 0.6 is 23.4 Å². The fourth-order valence-electron chi connectivity index (χ4n) is 3.37. The maximum Gasteiger partial charge on any atom is 1.00 e. The largest absolute Gasteiger partial charge is 1.00 e. The molecule has 0 aliphatic rings. The van der Waals surface area contributed by atoms with Crippen LogP contribution in [0.5, 0.6) is 0 Å². The summed E-state index contributed by atoms with van der Waals surface area (Å²) in [6, 6.07) is 6.37. The van der Waals surface area contributed by atoms with Crippen molar-refractivity contribution in [3.05, 3.63) is 39.5 Å². The van der Waals surface area contributed by atoms with E-state index in [1.165, 1.54) is 16.3 Å². The second kappa shape index (κ2) is 11.0. The molecule has 0 saturated carbocycles. The van der Waals surface area contributed by atoms with Crippen molar-refractivity contribution in [2.75, 3.05) is 30.5 Å². The molecule has 0 amide bonds. The number of fused-ring (bicyclic) bond motifs is 2. The van der Waals surface area contributed by atoms with Gasteiger partial charge in [0.25, 0.3) is 0 Å². The molecule has 0 atom stereocenters. The first kappa shape index (κ1) is 27.9. The van der Waals surface area contributed by atoms with Gasteiger partial charge in [0.15, 0.2) is 15.3 Å². The Morgan fingerprint density at radius 2 is 1.88 bits per heavy atom. The molecule has 0 saturated heterocycles. The van der Waals surface area contributed by atoms with Gasteiger partial charge < -0.3 is 19.4 Å². The fraction of sp³-hybridized carbons (Fsp3) is 0.381. The number of carboxylic acid groups (broad SMARTS) is 1. The standard InChI is InChI=1S/C21H24ClN3O5S2.Na/c1-12(2)32(29,30)10-9-24(3)16-8-6-14-19(28)13-5-7-15(22)20(31-4)18(13)25(11-17(26)27)21(14)23-16;/h5-8,12H,9-11H2,1-4H3,(H,26,27);/q;+1/p-1. The number of nitrogens with zero attached hydrogens (tertiary/aromatic N) is 3. The van der Waals surface area contributed by atoms with Crippen molar-refractivity contribution >= 4 is 66.9 Å². The van der Waals surface area contributed by atoms with E-state index < -0.39 is 27.6 Å². The number of rotatable bonds is 8. The molecule has 0 N–H and O–H groups in total. The summed E-state index contributed by atoms with van der Waals surface area (Å²) in [6.07, 6.45) is 1.78. The molecule has 0 aliphatic heterocycles. The summed E-state index contributed by atoms with van der Waals surface area (Å²) < 4.78 is 25.8. The summed E-state index contributed by atoms with van der Waals surface area (Å²) in [5.74, 6) is -0.988. The number of thioether (sulfide) groups is 1. The Labute approximate surface area is 223 Å². The van der Waals surface area contributed by atoms with E-state index in [9.17, 15) is 23.1 Å². The van der Waals surface area contributed by atoms with Crippen molar-refractivity contribution in [2.45, 2.75) is 30.5 Å². The van der Waals surface area contributed by atoms with Crippen LogP contribution in [0.1, 0.15) is 13.8 Å². The van der Waals surface area contributed by atoms with Gasteiger partial charge in [0, 0.05) is 19.0 Å². The number of halogens is 1. The van der Waals surface area contributed by atoms with E-state index in [0.29, 0.717) is 26.6 Å². The molecule has 0 fully saturated rings. The molecule has 12 heteroatoms. The van der Waals surface area contributed by atoms with E-state index in [4.69, 9.17) is 11.6 Å². The molecular formula is C21H23ClN3NaO5S2. The van der Waals surface area contributed by atoms with Crippen molar-refractivity contribution in [3.8, 4) is 0 Å². The van der Waals surface area contributed by atoms with E-state index in [1.807, 2.05) is 0 Å². The third-order valence-electron chi connectivity index (χ3n) is 5.27. The van der Waals surface area contributed by atoms with Crippen LogP contribution in [0.4, 0.5) is 5.82 Å². The number of benzene rings is 1. The average molecular weight is 520 g/mol. The molecule has 0 aliphatic carbocycles. The molecule has 33 heavy (non-hydrogen) atoms. The van der Waals surface area contributed by atoms with Gasteiger partial charge >= 0.3 is 29.6 Å². The first-order valence-corrected chi connectivity index (χ1v) is 13.1. The molecule has 0 spiro atoms. The Morgan fingerprint density at radius 1 is 1.24 bits per heavy atom. The third-order valence-corrected chi connectivity index (χ3v) is 8.71. The molecule has 3 rings (SSSR count). The average Bonchev–Trinajstić information content (AvgIpc) is 2.74. The van der Waals surface area contributed by atoms with Crippen LogP contribution in [0.3, 0.4) is 0 Å². The summed E-state index contributed by atoms with van der Waals surface area (Å²) in [4.78, 5) is 31.5. The van der Waals surface area contributed by atoms with Crippen molar-refractivity contribution in [1.29, 1.82) is 0 Å². The molecule has 8 nitrogen and oxygen atoms in total. The molecule has 1 aromatic carbocycles. The van der Waals surface area contributed by atoms with Crippen LogP contribution in [-0.2, 0) is 21.2 Å². The van der Waals surface area contributed by atoms with E-state index in [2.05, 4.69) is 4.98 Å². The third kappa shape index (κ3) is 5.68. The van der Waals surface area contributed by atoms with E-state index >= 15 is 0 Å². The number of aliphatic carboxylic acids is 1. The smallest absolute Gasteiger partial charge is 0.548 e. The first-order valence-electron chi connectivity index (χ1n) is 9.80. The van der Waals surface area contributed by atoms with Crippen LogP contribution in [-0.4, -0.2) is 54.8 Å². The zero-order valence-electron chi connectivity index (χ0n) is 19.1. The first-order chi connectivity index (χ1) is 15.0. The number of carboxylic acids is 1. The zero-order chi connectivity index (χ0) is 23.8. The zero-order valence-corrected chi connectivity index (χ0v) is 23.5. The normalized spacial score (nSPS) is 11.7. The topological polar surface area (TPSA) is 112 Å². The minimum absolute atomic E-state index is 0. The van der Waals surface area contributed by atoms with Crippen molar-refractivity contribution < 1.29 is 47.9 Å². The summed E-state index contributed by atoms with van der Waals surface area (Å²) >= 11 is 7.62. The molecule has 3 aromatic rings. The predicted molar refractivity (Wildman–Crippen MR) is 127 cm³/mol. The van der Waals surface area contributed by atoms with Gasteiger partial charge in [-0.25, -0.2) is 13.4 Å². The van der Waals surface area contributed by atoms with Crippen LogP contribution in [0, 0.1) is 0 Å². The van der Waals surface area contributed by atoms with Gasteiger partial charge in [-0.2, -0.15) is 0 Å². The molecule has 172 valence electrons. The molecule has 0 unspecified atom stereocenters. The number of pyridine rings is 2. The van der Waals surface area contributed by atoms with Crippen LogP contribution in [0.2, 0.25) is 5.02 Å². The van der Waals surface area contributed by atoms with E-state index in [1.54, 1.807) is 56.3 Å². The number of carbonyl (C=O) groups excluding carboxylic acids is 1. The Kier molecular flexibility index (Phi) is 9.28. The summed E-state index contributed by atoms with van der Waals surface area (Å²) in [7, 11) is -1.55. The van der Waals surface area contributed by atoms with E-state index in [-0.39, 0.29) is 58.3 Å². The molecule has 2 heterocycles. The molecule has 0 radical (unpaired) electrons. The maximum absolute atomic E-state index is 13.2. The second-order valence-corrected chi connectivity index (χ2v) is 11.5. The Morgan fingerprint density at radius 3 is 2.45 bits per heavy atom. The van der Waals surface area contributed by atoms with E-state index in [0.717, 1.165) is 0 Å². The second-order valence-electron chi connectivity index (χ2n) is 7.64.